The molecule has 1 amide bonds. The predicted octanol–water partition coefficient (Wildman–Crippen LogP) is 5.37. The first-order valence-corrected chi connectivity index (χ1v) is 11.1. The molecule has 0 saturated heterocycles. The van der Waals surface area contributed by atoms with E-state index in [0.717, 1.165) is 0 Å². The van der Waals surface area contributed by atoms with Gasteiger partial charge in [0.05, 0.1) is 16.0 Å². The van der Waals surface area contributed by atoms with E-state index in [2.05, 4.69) is 10.0 Å². The lowest BCUT2D eigenvalue weighted by Gasteiger charge is -2.20. The number of halogens is 6. The van der Waals surface area contributed by atoms with Gasteiger partial charge in [-0.1, -0.05) is 12.1 Å². The molecule has 5 nitrogen and oxygen atoms in total. The third-order valence-electron chi connectivity index (χ3n) is 4.19. The van der Waals surface area contributed by atoms with E-state index in [0.29, 0.717) is 17.7 Å². The third-order valence-corrected chi connectivity index (χ3v) is 5.96. The highest BCUT2D eigenvalue weighted by atomic mass is 32.2. The van der Waals surface area contributed by atoms with E-state index in [4.69, 9.17) is 0 Å². The van der Waals surface area contributed by atoms with Gasteiger partial charge in [0.2, 0.25) is 15.9 Å². The van der Waals surface area contributed by atoms with Crippen LogP contribution in [-0.4, -0.2) is 19.9 Å². The Labute approximate surface area is 187 Å². The van der Waals surface area contributed by atoms with E-state index < -0.39 is 50.6 Å². The highest BCUT2D eigenvalue weighted by Crippen LogP contribution is 2.37. The SMILES string of the molecule is CC(C)(C)NS(=O)(=O)c1ccc(CCC(=O)Nc2cc(C(F)(F)F)cc(C(F)(F)F)c2)cc1. The summed E-state index contributed by atoms with van der Waals surface area (Å²) < 4.78 is 105. The Kier molecular flexibility index (Phi) is 7.54. The monoisotopic (exact) mass is 496 g/mol. The first kappa shape index (κ1) is 26.7. The largest absolute Gasteiger partial charge is 0.416 e. The number of hydrogen-bond acceptors (Lipinski definition) is 3. The van der Waals surface area contributed by atoms with Gasteiger partial charge < -0.3 is 5.32 Å². The highest BCUT2D eigenvalue weighted by Gasteiger charge is 2.37. The molecule has 33 heavy (non-hydrogen) atoms. The molecule has 0 spiro atoms. The van der Waals surface area contributed by atoms with Crippen molar-refractivity contribution in [3.05, 3.63) is 59.2 Å². The summed E-state index contributed by atoms with van der Waals surface area (Å²) in [5.74, 6) is -0.798. The topological polar surface area (TPSA) is 75.3 Å². The van der Waals surface area contributed by atoms with Crippen LogP contribution in [0, 0.1) is 0 Å². The van der Waals surface area contributed by atoms with Gasteiger partial charge in [0.1, 0.15) is 0 Å². The first-order chi connectivity index (χ1) is 14.9. The Morgan fingerprint density at radius 1 is 0.848 bits per heavy atom. The summed E-state index contributed by atoms with van der Waals surface area (Å²) in [6, 6.07) is 6.43. The van der Waals surface area contributed by atoms with Crippen LogP contribution >= 0.6 is 0 Å². The minimum absolute atomic E-state index is 0.00859. The molecule has 0 bridgehead atoms. The second-order valence-electron chi connectivity index (χ2n) is 8.34. The third kappa shape index (κ3) is 8.04. The van der Waals surface area contributed by atoms with E-state index in [1.54, 1.807) is 20.8 Å². The van der Waals surface area contributed by atoms with Gasteiger partial charge in [0.25, 0.3) is 0 Å². The van der Waals surface area contributed by atoms with E-state index in [9.17, 15) is 39.6 Å². The number of carbonyl (C=O) groups excluding carboxylic acids is 1. The number of anilines is 1. The maximum atomic E-state index is 12.9. The Morgan fingerprint density at radius 2 is 1.33 bits per heavy atom. The lowest BCUT2D eigenvalue weighted by molar-refractivity contribution is -0.143. The van der Waals surface area contributed by atoms with Crippen molar-refractivity contribution in [3.63, 3.8) is 0 Å². The zero-order valence-corrected chi connectivity index (χ0v) is 18.7. The van der Waals surface area contributed by atoms with E-state index in [1.807, 2.05) is 0 Å². The molecule has 2 aromatic carbocycles. The molecular weight excluding hydrogens is 474 g/mol. The van der Waals surface area contributed by atoms with Gasteiger partial charge in [-0.25, -0.2) is 13.1 Å². The van der Waals surface area contributed by atoms with E-state index >= 15 is 0 Å². The van der Waals surface area contributed by atoms with Crippen LogP contribution in [0.2, 0.25) is 0 Å². The van der Waals surface area contributed by atoms with Crippen molar-refractivity contribution in [2.45, 2.75) is 56.4 Å². The number of hydrogen-bond donors (Lipinski definition) is 2. The zero-order chi connectivity index (χ0) is 25.2. The van der Waals surface area contributed by atoms with Crippen molar-refractivity contribution in [1.82, 2.24) is 4.72 Å². The van der Waals surface area contributed by atoms with Gasteiger partial charge in [0, 0.05) is 17.6 Å². The van der Waals surface area contributed by atoms with Crippen LogP contribution in [-0.2, 0) is 33.6 Å². The average molecular weight is 496 g/mol. The Hall–Kier alpha value is -2.60. The quantitative estimate of drug-likeness (QED) is 0.528. The van der Waals surface area contributed by atoms with Gasteiger partial charge in [-0.2, -0.15) is 26.3 Å². The van der Waals surface area contributed by atoms with Crippen molar-refractivity contribution in [2.24, 2.45) is 0 Å². The smallest absolute Gasteiger partial charge is 0.326 e. The van der Waals surface area contributed by atoms with Crippen LogP contribution in [0.4, 0.5) is 32.0 Å². The zero-order valence-electron chi connectivity index (χ0n) is 17.9. The summed E-state index contributed by atoms with van der Waals surface area (Å²) in [6.07, 6.45) is -10.2. The van der Waals surface area contributed by atoms with Gasteiger partial charge in [-0.05, 0) is 63.1 Å². The minimum Gasteiger partial charge on any atom is -0.326 e. The number of rotatable bonds is 6. The van der Waals surface area contributed by atoms with Crippen molar-refractivity contribution in [3.8, 4) is 0 Å². The normalized spacial score (nSPS) is 13.1. The molecule has 2 aromatic rings. The molecule has 0 aliphatic carbocycles. The molecule has 0 saturated carbocycles. The molecule has 0 aliphatic heterocycles. The second kappa shape index (κ2) is 9.34. The van der Waals surface area contributed by atoms with Gasteiger partial charge in [-0.15, -0.1) is 0 Å². The fourth-order valence-corrected chi connectivity index (χ4v) is 4.22. The van der Waals surface area contributed by atoms with Crippen LogP contribution in [0.1, 0.15) is 43.9 Å². The molecule has 0 heterocycles. The molecular formula is C21H22F6N2O3S. The van der Waals surface area contributed by atoms with Crippen LogP contribution in [0.15, 0.2) is 47.4 Å². The molecule has 0 fully saturated rings. The standard InChI is InChI=1S/C21H22F6N2O3S/c1-19(2,3)29-33(31,32)17-7-4-13(5-8-17)6-9-18(30)28-16-11-14(20(22,23)24)10-15(12-16)21(25,26)27/h4-5,7-8,10-12,29H,6,9H2,1-3H3,(H,28,30). The molecule has 182 valence electrons. The van der Waals surface area contributed by atoms with Gasteiger partial charge in [0.15, 0.2) is 0 Å². The van der Waals surface area contributed by atoms with Crippen molar-refractivity contribution >= 4 is 21.6 Å². The number of nitrogens with one attached hydrogen (secondary N) is 2. The number of benzene rings is 2. The maximum absolute atomic E-state index is 12.9. The summed E-state index contributed by atoms with van der Waals surface area (Å²) >= 11 is 0. The summed E-state index contributed by atoms with van der Waals surface area (Å²) in [5, 5.41) is 2.05. The summed E-state index contributed by atoms with van der Waals surface area (Å²) in [4.78, 5) is 12.1. The lowest BCUT2D eigenvalue weighted by Crippen LogP contribution is -2.40. The van der Waals surface area contributed by atoms with E-state index in [-0.39, 0.29) is 23.8 Å². The van der Waals surface area contributed by atoms with Crippen LogP contribution < -0.4 is 10.0 Å². The van der Waals surface area contributed by atoms with Crippen molar-refractivity contribution in [1.29, 1.82) is 0 Å². The maximum Gasteiger partial charge on any atom is 0.416 e. The molecule has 0 aliphatic rings. The number of amides is 1. The minimum atomic E-state index is -5.02. The van der Waals surface area contributed by atoms with Crippen molar-refractivity contribution < 1.29 is 39.6 Å². The Balaban J connectivity index is 2.09. The first-order valence-electron chi connectivity index (χ1n) is 9.59. The van der Waals surface area contributed by atoms with Gasteiger partial charge in [-0.3, -0.25) is 4.79 Å². The Morgan fingerprint density at radius 3 is 1.76 bits per heavy atom. The molecule has 0 radical (unpaired) electrons. The number of aryl methyl sites for hydroxylation is 1. The second-order valence-corrected chi connectivity index (χ2v) is 10.0. The fourth-order valence-electron chi connectivity index (χ4n) is 2.81. The summed E-state index contributed by atoms with van der Waals surface area (Å²) in [7, 11) is -3.75. The molecule has 12 heteroatoms. The summed E-state index contributed by atoms with van der Waals surface area (Å²) in [6.45, 7) is 5.04. The van der Waals surface area contributed by atoms with Gasteiger partial charge >= 0.3 is 12.4 Å². The number of carbonyl (C=O) groups is 1. The molecule has 2 N–H and O–H groups in total. The number of sulfonamides is 1. The van der Waals surface area contributed by atoms with Crippen LogP contribution in [0.3, 0.4) is 0 Å². The lowest BCUT2D eigenvalue weighted by atomic mass is 10.1. The fraction of sp³-hybridized carbons (Fsp3) is 0.381. The van der Waals surface area contributed by atoms with Crippen LogP contribution in [0.25, 0.3) is 0 Å². The Bertz CT molecular complexity index is 1070. The molecule has 0 aromatic heterocycles. The van der Waals surface area contributed by atoms with Crippen molar-refractivity contribution in [2.75, 3.05) is 5.32 Å². The highest BCUT2D eigenvalue weighted by molar-refractivity contribution is 7.89. The molecule has 0 atom stereocenters. The summed E-state index contributed by atoms with van der Waals surface area (Å²) in [5.41, 5.74) is -3.83. The van der Waals surface area contributed by atoms with E-state index in [1.165, 1.54) is 24.3 Å². The number of alkyl halides is 6. The molecule has 0 unspecified atom stereocenters. The molecule has 2 rings (SSSR count). The van der Waals surface area contributed by atoms with Crippen LogP contribution in [0.5, 0.6) is 0 Å². The predicted molar refractivity (Wildman–Crippen MR) is 110 cm³/mol. The average Bonchev–Trinajstić information content (AvgIpc) is 2.63.